The molecule has 0 heterocycles. The van der Waals surface area contributed by atoms with Crippen LogP contribution in [0.5, 0.6) is 5.75 Å². The molecule has 0 spiro atoms. The van der Waals surface area contributed by atoms with Crippen LogP contribution in [0, 0.1) is 12.8 Å². The van der Waals surface area contributed by atoms with Gasteiger partial charge in [-0.1, -0.05) is 17.7 Å². The third-order valence-electron chi connectivity index (χ3n) is 3.60. The number of benzene rings is 1. The maximum atomic E-state index is 5.93. The number of rotatable bonds is 6. The van der Waals surface area contributed by atoms with Crippen molar-refractivity contribution in [1.29, 1.82) is 0 Å². The SMILES string of the molecule is CNCC1CC(OCc2cc(C)ccc2OC)C1. The molecule has 1 aliphatic rings. The van der Waals surface area contributed by atoms with Gasteiger partial charge in [0.25, 0.3) is 0 Å². The summed E-state index contributed by atoms with van der Waals surface area (Å²) in [6, 6.07) is 6.22. The number of ether oxygens (including phenoxy) is 2. The summed E-state index contributed by atoms with van der Waals surface area (Å²) in [5.41, 5.74) is 2.39. The molecule has 1 aromatic rings. The number of hydrogen-bond donors (Lipinski definition) is 1. The van der Waals surface area contributed by atoms with Crippen molar-refractivity contribution < 1.29 is 9.47 Å². The lowest BCUT2D eigenvalue weighted by molar-refractivity contribution is -0.0396. The normalized spacial score (nSPS) is 22.6. The Labute approximate surface area is 109 Å². The summed E-state index contributed by atoms with van der Waals surface area (Å²) in [4.78, 5) is 0. The molecule has 1 aromatic carbocycles. The molecule has 100 valence electrons. The fourth-order valence-electron chi connectivity index (χ4n) is 2.49. The summed E-state index contributed by atoms with van der Waals surface area (Å²) < 4.78 is 11.3. The minimum atomic E-state index is 0.425. The number of aryl methyl sites for hydroxylation is 1. The summed E-state index contributed by atoms with van der Waals surface area (Å²) in [5, 5.41) is 3.21. The van der Waals surface area contributed by atoms with Gasteiger partial charge in [0, 0.05) is 5.56 Å². The monoisotopic (exact) mass is 249 g/mol. The van der Waals surface area contributed by atoms with E-state index < -0.39 is 0 Å². The van der Waals surface area contributed by atoms with Gasteiger partial charge in [0.1, 0.15) is 5.75 Å². The van der Waals surface area contributed by atoms with Crippen molar-refractivity contribution in [3.63, 3.8) is 0 Å². The van der Waals surface area contributed by atoms with Gasteiger partial charge in [-0.2, -0.15) is 0 Å². The Hall–Kier alpha value is -1.06. The molecule has 0 amide bonds. The Balaban J connectivity index is 1.82. The average Bonchev–Trinajstić information content (AvgIpc) is 2.32. The maximum absolute atomic E-state index is 5.93. The van der Waals surface area contributed by atoms with Crippen molar-refractivity contribution in [2.24, 2.45) is 5.92 Å². The molecule has 2 rings (SSSR count). The second-order valence-electron chi connectivity index (χ2n) is 5.14. The van der Waals surface area contributed by atoms with Gasteiger partial charge in [0.2, 0.25) is 0 Å². The van der Waals surface area contributed by atoms with Crippen LogP contribution >= 0.6 is 0 Å². The fraction of sp³-hybridized carbons (Fsp3) is 0.600. The number of methoxy groups -OCH3 is 1. The Bertz CT molecular complexity index is 386. The van der Waals surface area contributed by atoms with Crippen LogP contribution in [-0.4, -0.2) is 26.8 Å². The highest BCUT2D eigenvalue weighted by molar-refractivity contribution is 5.36. The molecule has 0 unspecified atom stereocenters. The van der Waals surface area contributed by atoms with Crippen molar-refractivity contribution in [2.75, 3.05) is 20.7 Å². The van der Waals surface area contributed by atoms with Crippen LogP contribution in [0.4, 0.5) is 0 Å². The van der Waals surface area contributed by atoms with Crippen molar-refractivity contribution >= 4 is 0 Å². The van der Waals surface area contributed by atoms with Crippen LogP contribution in [0.3, 0.4) is 0 Å². The van der Waals surface area contributed by atoms with Crippen molar-refractivity contribution in [3.05, 3.63) is 29.3 Å². The minimum Gasteiger partial charge on any atom is -0.496 e. The smallest absolute Gasteiger partial charge is 0.124 e. The van der Waals surface area contributed by atoms with Gasteiger partial charge in [-0.05, 0) is 45.3 Å². The summed E-state index contributed by atoms with van der Waals surface area (Å²) in [5.74, 6) is 1.71. The van der Waals surface area contributed by atoms with Crippen LogP contribution in [0.2, 0.25) is 0 Å². The lowest BCUT2D eigenvalue weighted by Gasteiger charge is -2.35. The Morgan fingerprint density at radius 2 is 2.11 bits per heavy atom. The largest absolute Gasteiger partial charge is 0.496 e. The first-order valence-electron chi connectivity index (χ1n) is 6.62. The summed E-state index contributed by atoms with van der Waals surface area (Å²) in [6.07, 6.45) is 2.78. The second kappa shape index (κ2) is 6.21. The molecule has 1 fully saturated rings. The molecular weight excluding hydrogens is 226 g/mol. The van der Waals surface area contributed by atoms with Crippen molar-refractivity contribution in [2.45, 2.75) is 32.5 Å². The van der Waals surface area contributed by atoms with Gasteiger partial charge in [-0.3, -0.25) is 0 Å². The van der Waals surface area contributed by atoms with E-state index in [4.69, 9.17) is 9.47 Å². The first-order valence-corrected chi connectivity index (χ1v) is 6.62. The Kier molecular flexibility index (Phi) is 4.61. The Morgan fingerprint density at radius 1 is 1.33 bits per heavy atom. The second-order valence-corrected chi connectivity index (χ2v) is 5.14. The van der Waals surface area contributed by atoms with E-state index in [1.165, 1.54) is 18.4 Å². The van der Waals surface area contributed by atoms with Crippen LogP contribution in [0.25, 0.3) is 0 Å². The average molecular weight is 249 g/mol. The predicted molar refractivity (Wildman–Crippen MR) is 73.0 cm³/mol. The first kappa shape index (κ1) is 13.4. The molecular formula is C15H23NO2. The molecule has 0 aliphatic heterocycles. The van der Waals surface area contributed by atoms with Gasteiger partial charge in [0.15, 0.2) is 0 Å². The first-order chi connectivity index (χ1) is 8.72. The zero-order valence-corrected chi connectivity index (χ0v) is 11.5. The van der Waals surface area contributed by atoms with Crippen LogP contribution < -0.4 is 10.1 Å². The summed E-state index contributed by atoms with van der Waals surface area (Å²) in [7, 11) is 3.71. The highest BCUT2D eigenvalue weighted by Crippen LogP contribution is 2.31. The van der Waals surface area contributed by atoms with E-state index in [0.717, 1.165) is 23.8 Å². The minimum absolute atomic E-state index is 0.425. The quantitative estimate of drug-likeness (QED) is 0.840. The van der Waals surface area contributed by atoms with E-state index in [0.29, 0.717) is 12.7 Å². The van der Waals surface area contributed by atoms with Crippen LogP contribution in [0.15, 0.2) is 18.2 Å². The van der Waals surface area contributed by atoms with Gasteiger partial charge in [-0.25, -0.2) is 0 Å². The van der Waals surface area contributed by atoms with E-state index in [2.05, 4.69) is 24.4 Å². The van der Waals surface area contributed by atoms with Crippen LogP contribution in [0.1, 0.15) is 24.0 Å². The molecule has 3 nitrogen and oxygen atoms in total. The van der Waals surface area contributed by atoms with Crippen LogP contribution in [-0.2, 0) is 11.3 Å². The molecule has 0 bridgehead atoms. The van der Waals surface area contributed by atoms with E-state index in [9.17, 15) is 0 Å². The Morgan fingerprint density at radius 3 is 2.78 bits per heavy atom. The zero-order valence-electron chi connectivity index (χ0n) is 11.5. The molecule has 0 aromatic heterocycles. The summed E-state index contributed by atoms with van der Waals surface area (Å²) >= 11 is 0. The maximum Gasteiger partial charge on any atom is 0.124 e. The third-order valence-corrected chi connectivity index (χ3v) is 3.60. The molecule has 0 saturated heterocycles. The topological polar surface area (TPSA) is 30.5 Å². The molecule has 1 N–H and O–H groups in total. The van der Waals surface area contributed by atoms with E-state index >= 15 is 0 Å². The standard InChI is InChI=1S/C15H23NO2/c1-11-4-5-15(17-3)13(6-11)10-18-14-7-12(8-14)9-16-2/h4-6,12,14,16H,7-10H2,1-3H3. The lowest BCUT2D eigenvalue weighted by Crippen LogP contribution is -2.36. The molecule has 18 heavy (non-hydrogen) atoms. The number of nitrogens with one attached hydrogen (secondary N) is 1. The van der Waals surface area contributed by atoms with E-state index in [1.807, 2.05) is 13.1 Å². The van der Waals surface area contributed by atoms with Crippen molar-refractivity contribution in [3.8, 4) is 5.75 Å². The zero-order chi connectivity index (χ0) is 13.0. The predicted octanol–water partition coefficient (Wildman–Crippen LogP) is 2.52. The van der Waals surface area contributed by atoms with Crippen molar-refractivity contribution in [1.82, 2.24) is 5.32 Å². The number of hydrogen-bond acceptors (Lipinski definition) is 3. The highest BCUT2D eigenvalue weighted by atomic mass is 16.5. The molecule has 0 radical (unpaired) electrons. The highest BCUT2D eigenvalue weighted by Gasteiger charge is 2.29. The molecule has 3 heteroatoms. The molecule has 1 aliphatic carbocycles. The summed E-state index contributed by atoms with van der Waals surface area (Å²) in [6.45, 7) is 3.85. The molecule has 1 saturated carbocycles. The fourth-order valence-corrected chi connectivity index (χ4v) is 2.49. The lowest BCUT2D eigenvalue weighted by atomic mass is 9.82. The van der Waals surface area contributed by atoms with Gasteiger partial charge in [-0.15, -0.1) is 0 Å². The van der Waals surface area contributed by atoms with Gasteiger partial charge < -0.3 is 14.8 Å². The van der Waals surface area contributed by atoms with E-state index in [-0.39, 0.29) is 0 Å². The van der Waals surface area contributed by atoms with Gasteiger partial charge >= 0.3 is 0 Å². The van der Waals surface area contributed by atoms with Gasteiger partial charge in [0.05, 0.1) is 19.8 Å². The van der Waals surface area contributed by atoms with E-state index in [1.54, 1.807) is 7.11 Å². The third kappa shape index (κ3) is 3.24. The molecule has 0 atom stereocenters.